The lowest BCUT2D eigenvalue weighted by Gasteiger charge is -2.14. The van der Waals surface area contributed by atoms with Crippen LogP contribution in [-0.4, -0.2) is 19.6 Å². The van der Waals surface area contributed by atoms with Crippen LogP contribution in [0.4, 0.5) is 0 Å². The van der Waals surface area contributed by atoms with Crippen molar-refractivity contribution in [3.63, 3.8) is 0 Å². The highest BCUT2D eigenvalue weighted by Crippen LogP contribution is 2.24. The van der Waals surface area contributed by atoms with Crippen LogP contribution in [0.3, 0.4) is 0 Å². The van der Waals surface area contributed by atoms with Crippen molar-refractivity contribution >= 4 is 33.2 Å². The fourth-order valence-corrected chi connectivity index (χ4v) is 3.61. The molecule has 0 saturated carbocycles. The van der Waals surface area contributed by atoms with E-state index in [1.54, 1.807) is 18.4 Å². The highest BCUT2D eigenvalue weighted by atomic mass is 79.9. The molecule has 1 aromatic carbocycles. The minimum Gasteiger partial charge on any atom is -0.374 e. The molecule has 0 bridgehead atoms. The van der Waals surface area contributed by atoms with Crippen molar-refractivity contribution in [3.8, 4) is 0 Å². The second-order valence-electron chi connectivity index (χ2n) is 5.07. The van der Waals surface area contributed by atoms with Crippen LogP contribution < -0.4 is 5.32 Å². The topological polar surface area (TPSA) is 38.3 Å². The third-order valence-corrected chi connectivity index (χ3v) is 5.29. The highest BCUT2D eigenvalue weighted by molar-refractivity contribution is 9.10. The summed E-state index contributed by atoms with van der Waals surface area (Å²) in [5.74, 6) is 0.0473. The Balaban J connectivity index is 1.81. The second-order valence-corrected chi connectivity index (χ2v) is 7.24. The fraction of sp³-hybridized carbons (Fsp3) is 0.353. The number of amides is 1. The third kappa shape index (κ3) is 4.93. The molecule has 2 rings (SSSR count). The number of ether oxygens (including phenoxy) is 1. The zero-order valence-corrected chi connectivity index (χ0v) is 15.2. The Labute approximate surface area is 143 Å². The molecular formula is C17H20BrNO2S. The monoisotopic (exact) mass is 381 g/mol. The van der Waals surface area contributed by atoms with Gasteiger partial charge in [0.2, 0.25) is 5.91 Å². The summed E-state index contributed by atoms with van der Waals surface area (Å²) in [4.78, 5) is 14.4. The molecule has 2 aromatic rings. The van der Waals surface area contributed by atoms with Gasteiger partial charge >= 0.3 is 0 Å². The van der Waals surface area contributed by atoms with E-state index in [1.807, 2.05) is 24.3 Å². The van der Waals surface area contributed by atoms with E-state index in [1.165, 1.54) is 4.88 Å². The summed E-state index contributed by atoms with van der Waals surface area (Å²) in [6.07, 6.45) is 1.12. The van der Waals surface area contributed by atoms with Gasteiger partial charge in [-0.2, -0.15) is 0 Å². The molecule has 0 fully saturated rings. The van der Waals surface area contributed by atoms with Crippen molar-refractivity contribution in [2.75, 3.05) is 13.7 Å². The Bertz CT molecular complexity index is 627. The maximum absolute atomic E-state index is 12.0. The van der Waals surface area contributed by atoms with Crippen LogP contribution in [0.15, 0.2) is 40.9 Å². The van der Waals surface area contributed by atoms with Crippen molar-refractivity contribution in [2.45, 2.75) is 25.9 Å². The largest absolute Gasteiger partial charge is 0.374 e. The molecule has 1 N–H and O–H groups in total. The molecule has 1 atom stereocenters. The first kappa shape index (κ1) is 17.2. The van der Waals surface area contributed by atoms with Gasteiger partial charge < -0.3 is 10.1 Å². The molecule has 0 aliphatic heterocycles. The number of halogens is 1. The summed E-state index contributed by atoms with van der Waals surface area (Å²) in [6.45, 7) is 2.57. The summed E-state index contributed by atoms with van der Waals surface area (Å²) < 4.78 is 6.52. The van der Waals surface area contributed by atoms with Crippen LogP contribution >= 0.6 is 27.3 Å². The van der Waals surface area contributed by atoms with Crippen LogP contribution in [0.5, 0.6) is 0 Å². The first-order valence-electron chi connectivity index (χ1n) is 7.19. The van der Waals surface area contributed by atoms with Crippen LogP contribution in [0.1, 0.15) is 27.8 Å². The van der Waals surface area contributed by atoms with Crippen molar-refractivity contribution in [2.24, 2.45) is 0 Å². The van der Waals surface area contributed by atoms with Gasteiger partial charge in [0.25, 0.3) is 0 Å². The molecular weight excluding hydrogens is 362 g/mol. The second kappa shape index (κ2) is 8.46. The zero-order chi connectivity index (χ0) is 15.9. The Morgan fingerprint density at radius 3 is 2.73 bits per heavy atom. The molecule has 0 unspecified atom stereocenters. The lowest BCUT2D eigenvalue weighted by molar-refractivity contribution is -0.121. The van der Waals surface area contributed by atoms with E-state index in [0.717, 1.165) is 21.3 Å². The summed E-state index contributed by atoms with van der Waals surface area (Å²) in [7, 11) is 1.67. The highest BCUT2D eigenvalue weighted by Gasteiger charge is 2.14. The average molecular weight is 382 g/mol. The zero-order valence-electron chi connectivity index (χ0n) is 12.8. The van der Waals surface area contributed by atoms with Crippen molar-refractivity contribution in [1.82, 2.24) is 5.32 Å². The van der Waals surface area contributed by atoms with Gasteiger partial charge in [0.05, 0.1) is 0 Å². The number of benzene rings is 1. The summed E-state index contributed by atoms with van der Waals surface area (Å²) in [5.41, 5.74) is 1.15. The molecule has 118 valence electrons. The Morgan fingerprint density at radius 1 is 1.32 bits per heavy atom. The summed E-state index contributed by atoms with van der Waals surface area (Å²) in [6, 6.07) is 12.1. The van der Waals surface area contributed by atoms with E-state index >= 15 is 0 Å². The van der Waals surface area contributed by atoms with Gasteiger partial charge in [-0.15, -0.1) is 11.3 Å². The normalized spacial score (nSPS) is 12.1. The standard InChI is InChI=1S/C17H20BrNO2S/c1-12-7-9-16(22-12)15(21-2)11-19-17(20)10-8-13-5-3-4-6-14(13)18/h3-7,9,15H,8,10-11H2,1-2H3,(H,19,20)/t15-/m0/s1. The molecule has 1 amide bonds. The number of hydrogen-bond acceptors (Lipinski definition) is 3. The Kier molecular flexibility index (Phi) is 6.61. The van der Waals surface area contributed by atoms with Crippen molar-refractivity contribution < 1.29 is 9.53 Å². The van der Waals surface area contributed by atoms with Gasteiger partial charge in [-0.05, 0) is 37.1 Å². The Morgan fingerprint density at radius 2 is 2.09 bits per heavy atom. The molecule has 0 saturated heterocycles. The maximum Gasteiger partial charge on any atom is 0.220 e. The van der Waals surface area contributed by atoms with E-state index in [-0.39, 0.29) is 12.0 Å². The number of carbonyl (C=O) groups is 1. The van der Waals surface area contributed by atoms with Gasteiger partial charge in [0, 0.05) is 34.3 Å². The lowest BCUT2D eigenvalue weighted by atomic mass is 10.1. The average Bonchev–Trinajstić information content (AvgIpc) is 2.93. The van der Waals surface area contributed by atoms with E-state index in [0.29, 0.717) is 13.0 Å². The number of aryl methyl sites for hydroxylation is 2. The van der Waals surface area contributed by atoms with E-state index in [4.69, 9.17) is 4.74 Å². The molecule has 0 aliphatic carbocycles. The third-order valence-electron chi connectivity index (χ3n) is 3.43. The van der Waals surface area contributed by atoms with Gasteiger partial charge in [-0.3, -0.25) is 4.79 Å². The number of carbonyl (C=O) groups excluding carboxylic acids is 1. The van der Waals surface area contributed by atoms with Gasteiger partial charge in [-0.25, -0.2) is 0 Å². The molecule has 5 heteroatoms. The molecule has 0 spiro atoms. The van der Waals surface area contributed by atoms with Gasteiger partial charge in [0.15, 0.2) is 0 Å². The predicted molar refractivity (Wildman–Crippen MR) is 94.3 cm³/mol. The quantitative estimate of drug-likeness (QED) is 0.777. The summed E-state index contributed by atoms with van der Waals surface area (Å²) in [5, 5.41) is 2.96. The lowest BCUT2D eigenvalue weighted by Crippen LogP contribution is -2.29. The molecule has 1 aromatic heterocycles. The van der Waals surface area contributed by atoms with Crippen molar-refractivity contribution in [1.29, 1.82) is 0 Å². The molecule has 22 heavy (non-hydrogen) atoms. The number of nitrogens with one attached hydrogen (secondary N) is 1. The first-order chi connectivity index (χ1) is 10.6. The van der Waals surface area contributed by atoms with E-state index in [9.17, 15) is 4.79 Å². The fourth-order valence-electron chi connectivity index (χ4n) is 2.17. The number of thiophene rings is 1. The molecule has 0 radical (unpaired) electrons. The number of rotatable bonds is 7. The van der Waals surface area contributed by atoms with Crippen LogP contribution in [0.2, 0.25) is 0 Å². The molecule has 0 aliphatic rings. The minimum atomic E-state index is -0.0777. The molecule has 1 heterocycles. The van der Waals surface area contributed by atoms with Crippen LogP contribution in [0, 0.1) is 6.92 Å². The maximum atomic E-state index is 12.0. The Hall–Kier alpha value is -1.17. The summed E-state index contributed by atoms with van der Waals surface area (Å²) >= 11 is 5.20. The smallest absolute Gasteiger partial charge is 0.220 e. The van der Waals surface area contributed by atoms with E-state index < -0.39 is 0 Å². The SMILES string of the molecule is CO[C@@H](CNC(=O)CCc1ccccc1Br)c1ccc(C)s1. The first-order valence-corrected chi connectivity index (χ1v) is 8.80. The van der Waals surface area contributed by atoms with E-state index in [2.05, 4.69) is 40.3 Å². The van der Waals surface area contributed by atoms with Gasteiger partial charge in [-0.1, -0.05) is 34.1 Å². The number of methoxy groups -OCH3 is 1. The predicted octanol–water partition coefficient (Wildman–Crippen LogP) is 4.26. The van der Waals surface area contributed by atoms with Crippen molar-refractivity contribution in [3.05, 3.63) is 56.2 Å². The minimum absolute atomic E-state index is 0.0473. The van der Waals surface area contributed by atoms with Crippen LogP contribution in [-0.2, 0) is 16.0 Å². The van der Waals surface area contributed by atoms with Gasteiger partial charge in [0.1, 0.15) is 6.10 Å². The van der Waals surface area contributed by atoms with Crippen LogP contribution in [0.25, 0.3) is 0 Å². The number of hydrogen-bond donors (Lipinski definition) is 1. The molecule has 3 nitrogen and oxygen atoms in total.